The second-order valence-corrected chi connectivity index (χ2v) is 4.68. The highest BCUT2D eigenvalue weighted by molar-refractivity contribution is 5.85. The van der Waals surface area contributed by atoms with Crippen LogP contribution in [0.2, 0.25) is 0 Å². The van der Waals surface area contributed by atoms with E-state index in [0.717, 1.165) is 41.6 Å². The van der Waals surface area contributed by atoms with E-state index in [-0.39, 0.29) is 0 Å². The summed E-state index contributed by atoms with van der Waals surface area (Å²) in [5.74, 6) is 0.106. The molecule has 1 heterocycles. The smallest absolute Gasteiger partial charge is 0.328 e. The van der Waals surface area contributed by atoms with Crippen LogP contribution in [-0.2, 0) is 11.2 Å². The lowest BCUT2D eigenvalue weighted by Gasteiger charge is -2.09. The number of aromatic nitrogens is 2. The van der Waals surface area contributed by atoms with Crippen LogP contribution in [0.5, 0.6) is 0 Å². The fourth-order valence-electron chi connectivity index (χ4n) is 2.14. The monoisotopic (exact) mass is 270 g/mol. The molecule has 0 fully saturated rings. The lowest BCUT2D eigenvalue weighted by molar-refractivity contribution is -0.131. The van der Waals surface area contributed by atoms with Gasteiger partial charge in [-0.2, -0.15) is 0 Å². The van der Waals surface area contributed by atoms with E-state index in [4.69, 9.17) is 5.11 Å². The van der Waals surface area contributed by atoms with Crippen LogP contribution in [0.4, 0.5) is 0 Å². The first-order valence-corrected chi connectivity index (χ1v) is 6.66. The van der Waals surface area contributed by atoms with Gasteiger partial charge in [-0.15, -0.1) is 0 Å². The molecule has 2 aromatic rings. The van der Waals surface area contributed by atoms with Gasteiger partial charge in [-0.1, -0.05) is 13.0 Å². The van der Waals surface area contributed by atoms with E-state index in [1.807, 2.05) is 31.3 Å². The van der Waals surface area contributed by atoms with Gasteiger partial charge in [0.2, 0.25) is 0 Å². The lowest BCUT2D eigenvalue weighted by Crippen LogP contribution is -2.00. The third-order valence-electron chi connectivity index (χ3n) is 3.13. The summed E-state index contributed by atoms with van der Waals surface area (Å²) in [5.41, 5.74) is 3.00. The Kier molecular flexibility index (Phi) is 4.35. The molecular formula is C16H18N2O2. The summed E-state index contributed by atoms with van der Waals surface area (Å²) >= 11 is 0. The van der Waals surface area contributed by atoms with Crippen LogP contribution in [0.1, 0.15) is 30.3 Å². The molecule has 0 saturated heterocycles. The maximum Gasteiger partial charge on any atom is 0.328 e. The van der Waals surface area contributed by atoms with E-state index in [1.54, 1.807) is 12.3 Å². The Hall–Kier alpha value is -2.36. The highest BCUT2D eigenvalue weighted by atomic mass is 16.4. The quantitative estimate of drug-likeness (QED) is 0.849. The predicted molar refractivity (Wildman–Crippen MR) is 79.0 cm³/mol. The molecule has 0 atom stereocenters. The Bertz CT molecular complexity index is 642. The molecule has 0 aliphatic carbocycles. The van der Waals surface area contributed by atoms with Crippen LogP contribution in [0.15, 0.2) is 36.7 Å². The fourth-order valence-corrected chi connectivity index (χ4v) is 2.14. The van der Waals surface area contributed by atoms with Gasteiger partial charge in [0, 0.05) is 30.6 Å². The summed E-state index contributed by atoms with van der Waals surface area (Å²) in [5, 5.41) is 8.67. The van der Waals surface area contributed by atoms with Gasteiger partial charge in [0.25, 0.3) is 0 Å². The van der Waals surface area contributed by atoms with Crippen molar-refractivity contribution in [2.45, 2.75) is 26.7 Å². The van der Waals surface area contributed by atoms with Crippen LogP contribution < -0.4 is 0 Å². The van der Waals surface area contributed by atoms with Gasteiger partial charge in [0.1, 0.15) is 5.82 Å². The molecule has 0 saturated carbocycles. The van der Waals surface area contributed by atoms with Crippen molar-refractivity contribution in [2.75, 3.05) is 0 Å². The zero-order valence-electron chi connectivity index (χ0n) is 11.7. The molecule has 0 aliphatic heterocycles. The normalized spacial score (nSPS) is 11.1. The third-order valence-corrected chi connectivity index (χ3v) is 3.13. The average molecular weight is 270 g/mol. The molecule has 1 aromatic carbocycles. The lowest BCUT2D eigenvalue weighted by atomic mass is 10.1. The van der Waals surface area contributed by atoms with Crippen molar-refractivity contribution in [1.82, 2.24) is 9.55 Å². The number of aryl methyl sites for hydroxylation is 2. The number of aliphatic carboxylic acids is 1. The number of hydrogen-bond donors (Lipinski definition) is 1. The van der Waals surface area contributed by atoms with E-state index in [9.17, 15) is 4.79 Å². The van der Waals surface area contributed by atoms with Gasteiger partial charge in [-0.3, -0.25) is 0 Å². The number of imidazole rings is 1. The molecule has 0 aliphatic rings. The minimum atomic E-state index is -0.937. The van der Waals surface area contributed by atoms with Crippen molar-refractivity contribution in [3.63, 3.8) is 0 Å². The Morgan fingerprint density at radius 3 is 2.90 bits per heavy atom. The molecule has 1 N–H and O–H groups in total. The fraction of sp³-hybridized carbons (Fsp3) is 0.250. The first-order valence-electron chi connectivity index (χ1n) is 6.66. The van der Waals surface area contributed by atoms with Crippen LogP contribution in [0, 0.1) is 6.92 Å². The first-order chi connectivity index (χ1) is 9.61. The van der Waals surface area contributed by atoms with Crippen molar-refractivity contribution in [2.24, 2.45) is 0 Å². The number of nitrogens with zero attached hydrogens (tertiary/aromatic N) is 2. The number of hydrogen-bond acceptors (Lipinski definition) is 2. The number of carbonyl (C=O) groups is 1. The first kappa shape index (κ1) is 14.1. The minimum Gasteiger partial charge on any atom is -0.478 e. The Morgan fingerprint density at radius 1 is 1.45 bits per heavy atom. The zero-order chi connectivity index (χ0) is 14.5. The largest absolute Gasteiger partial charge is 0.478 e. The molecule has 0 amide bonds. The Morgan fingerprint density at radius 2 is 2.25 bits per heavy atom. The number of rotatable bonds is 5. The van der Waals surface area contributed by atoms with Gasteiger partial charge in [-0.25, -0.2) is 9.78 Å². The van der Waals surface area contributed by atoms with Crippen molar-refractivity contribution in [3.05, 3.63) is 53.6 Å². The molecule has 1 aromatic heterocycles. The summed E-state index contributed by atoms with van der Waals surface area (Å²) in [6.07, 6.45) is 8.51. The van der Waals surface area contributed by atoms with Crippen LogP contribution in [0.3, 0.4) is 0 Å². The van der Waals surface area contributed by atoms with Gasteiger partial charge in [0.05, 0.1) is 0 Å². The summed E-state index contributed by atoms with van der Waals surface area (Å²) in [6.45, 7) is 4.10. The van der Waals surface area contributed by atoms with Crippen LogP contribution in [0.25, 0.3) is 11.8 Å². The second-order valence-electron chi connectivity index (χ2n) is 4.68. The molecular weight excluding hydrogens is 252 g/mol. The van der Waals surface area contributed by atoms with Crippen LogP contribution >= 0.6 is 0 Å². The van der Waals surface area contributed by atoms with Crippen molar-refractivity contribution >= 4 is 12.0 Å². The van der Waals surface area contributed by atoms with Gasteiger partial charge in [-0.05, 0) is 42.7 Å². The molecule has 4 heteroatoms. The van der Waals surface area contributed by atoms with E-state index in [1.165, 1.54) is 0 Å². The Labute approximate surface area is 118 Å². The maximum absolute atomic E-state index is 10.6. The molecule has 0 unspecified atom stereocenters. The molecule has 0 bridgehead atoms. The van der Waals surface area contributed by atoms with E-state index in [2.05, 4.69) is 16.5 Å². The Balaban J connectivity index is 2.33. The summed E-state index contributed by atoms with van der Waals surface area (Å²) in [7, 11) is 0. The SMILES string of the molecule is CCCc1nccn1-c1ccc(C=CC(=O)O)c(C)c1. The number of benzene rings is 1. The standard InChI is InChI=1S/C16H18N2O2/c1-3-4-15-17-9-10-18(15)14-7-5-13(12(2)11-14)6-8-16(19)20/h5-11H,3-4H2,1-2H3,(H,19,20). The minimum absolute atomic E-state index is 0.910. The maximum atomic E-state index is 10.6. The third kappa shape index (κ3) is 3.15. The highest BCUT2D eigenvalue weighted by Crippen LogP contribution is 2.18. The van der Waals surface area contributed by atoms with Crippen molar-refractivity contribution in [3.8, 4) is 5.69 Å². The molecule has 20 heavy (non-hydrogen) atoms. The average Bonchev–Trinajstić information content (AvgIpc) is 2.86. The van der Waals surface area contributed by atoms with Gasteiger partial charge < -0.3 is 9.67 Å². The summed E-state index contributed by atoms with van der Waals surface area (Å²) < 4.78 is 2.07. The van der Waals surface area contributed by atoms with Gasteiger partial charge in [0.15, 0.2) is 0 Å². The van der Waals surface area contributed by atoms with E-state index in [0.29, 0.717) is 0 Å². The molecule has 4 nitrogen and oxygen atoms in total. The van der Waals surface area contributed by atoms with Gasteiger partial charge >= 0.3 is 5.97 Å². The summed E-state index contributed by atoms with van der Waals surface area (Å²) in [4.78, 5) is 14.9. The molecule has 0 spiro atoms. The highest BCUT2D eigenvalue weighted by Gasteiger charge is 2.05. The number of carboxylic acid groups (broad SMARTS) is 1. The zero-order valence-corrected chi connectivity index (χ0v) is 11.7. The predicted octanol–water partition coefficient (Wildman–Crippen LogP) is 3.23. The molecule has 2 rings (SSSR count). The van der Waals surface area contributed by atoms with Crippen molar-refractivity contribution in [1.29, 1.82) is 0 Å². The summed E-state index contributed by atoms with van der Waals surface area (Å²) in [6, 6.07) is 5.96. The van der Waals surface area contributed by atoms with Crippen LogP contribution in [-0.4, -0.2) is 20.6 Å². The topological polar surface area (TPSA) is 55.1 Å². The van der Waals surface area contributed by atoms with Crippen molar-refractivity contribution < 1.29 is 9.90 Å². The van der Waals surface area contributed by atoms with E-state index < -0.39 is 5.97 Å². The van der Waals surface area contributed by atoms with E-state index >= 15 is 0 Å². The molecule has 0 radical (unpaired) electrons. The second kappa shape index (κ2) is 6.19. The number of carboxylic acids is 1. The molecule has 104 valence electrons.